The van der Waals surface area contributed by atoms with Crippen LogP contribution in [0.25, 0.3) is 0 Å². The van der Waals surface area contributed by atoms with Crippen LogP contribution in [0.5, 0.6) is 0 Å². The second-order valence-corrected chi connectivity index (χ2v) is 6.80. The summed E-state index contributed by atoms with van der Waals surface area (Å²) in [6.07, 6.45) is 20.2. The van der Waals surface area contributed by atoms with Crippen molar-refractivity contribution in [1.82, 2.24) is 4.90 Å². The third-order valence-corrected chi connectivity index (χ3v) is 4.92. The van der Waals surface area contributed by atoms with Gasteiger partial charge >= 0.3 is 0 Å². The van der Waals surface area contributed by atoms with Gasteiger partial charge in [0.25, 0.3) is 0 Å². The molecule has 0 N–H and O–H groups in total. The van der Waals surface area contributed by atoms with Crippen LogP contribution in [-0.2, 0) is 0 Å². The molecular weight excluding hydrogens is 242 g/mol. The van der Waals surface area contributed by atoms with E-state index in [1.54, 1.807) is 0 Å². The predicted molar refractivity (Wildman–Crippen MR) is 91.3 cm³/mol. The Labute approximate surface area is 128 Å². The van der Waals surface area contributed by atoms with Gasteiger partial charge in [-0.2, -0.15) is 0 Å². The van der Waals surface area contributed by atoms with E-state index in [0.717, 1.165) is 6.04 Å². The van der Waals surface area contributed by atoms with Crippen molar-refractivity contribution in [1.29, 1.82) is 0 Å². The van der Waals surface area contributed by atoms with Crippen molar-refractivity contribution in [3.63, 3.8) is 0 Å². The molecule has 1 aliphatic rings. The molecule has 0 aromatic carbocycles. The highest BCUT2D eigenvalue weighted by Gasteiger charge is 2.20. The third kappa shape index (κ3) is 8.29. The Balaban J connectivity index is 1.94. The maximum Gasteiger partial charge on any atom is 0.00951 e. The quantitative estimate of drug-likeness (QED) is 0.386. The van der Waals surface area contributed by atoms with E-state index in [0.29, 0.717) is 0 Å². The molecule has 1 nitrogen and oxygen atoms in total. The molecular formula is C19H39N. The number of hydrogen-bond acceptors (Lipinski definition) is 1. The average Bonchev–Trinajstić information content (AvgIpc) is 2.47. The molecule has 120 valence electrons. The molecule has 1 atom stereocenters. The summed E-state index contributed by atoms with van der Waals surface area (Å²) in [5.74, 6) is 0. The molecule has 0 saturated carbocycles. The van der Waals surface area contributed by atoms with Gasteiger partial charge in [0, 0.05) is 6.04 Å². The van der Waals surface area contributed by atoms with Gasteiger partial charge in [0.05, 0.1) is 0 Å². The molecule has 0 aromatic heterocycles. The fourth-order valence-electron chi connectivity index (χ4n) is 3.64. The SMILES string of the molecule is CCCCCCCCCCCN1CCCCC1CCC. The number of piperidine rings is 1. The van der Waals surface area contributed by atoms with Crippen LogP contribution in [0, 0.1) is 0 Å². The van der Waals surface area contributed by atoms with Crippen molar-refractivity contribution >= 4 is 0 Å². The van der Waals surface area contributed by atoms with Gasteiger partial charge < -0.3 is 4.90 Å². The Kier molecular flexibility index (Phi) is 11.4. The molecule has 0 spiro atoms. The second kappa shape index (κ2) is 12.7. The highest BCUT2D eigenvalue weighted by Crippen LogP contribution is 2.21. The van der Waals surface area contributed by atoms with E-state index in [9.17, 15) is 0 Å². The number of likely N-dealkylation sites (tertiary alicyclic amines) is 1. The maximum atomic E-state index is 2.80. The molecule has 1 fully saturated rings. The van der Waals surface area contributed by atoms with Gasteiger partial charge in [-0.1, -0.05) is 78.1 Å². The van der Waals surface area contributed by atoms with E-state index < -0.39 is 0 Å². The number of nitrogens with zero attached hydrogens (tertiary/aromatic N) is 1. The summed E-state index contributed by atoms with van der Waals surface area (Å²) in [5.41, 5.74) is 0. The normalized spacial score (nSPS) is 20.4. The van der Waals surface area contributed by atoms with E-state index in [1.807, 2.05) is 0 Å². The highest BCUT2D eigenvalue weighted by molar-refractivity contribution is 4.76. The summed E-state index contributed by atoms with van der Waals surface area (Å²) >= 11 is 0. The Morgan fingerprint density at radius 3 is 2.05 bits per heavy atom. The monoisotopic (exact) mass is 281 g/mol. The summed E-state index contributed by atoms with van der Waals surface area (Å²) in [6.45, 7) is 7.39. The zero-order valence-electron chi connectivity index (χ0n) is 14.3. The smallest absolute Gasteiger partial charge is 0.00951 e. The second-order valence-electron chi connectivity index (χ2n) is 6.80. The molecule has 1 heterocycles. The number of rotatable bonds is 12. The Morgan fingerprint density at radius 1 is 0.750 bits per heavy atom. The van der Waals surface area contributed by atoms with E-state index in [4.69, 9.17) is 0 Å². The minimum Gasteiger partial charge on any atom is -0.300 e. The molecule has 20 heavy (non-hydrogen) atoms. The van der Waals surface area contributed by atoms with Gasteiger partial charge in [-0.3, -0.25) is 0 Å². The molecule has 0 radical (unpaired) electrons. The van der Waals surface area contributed by atoms with E-state index in [2.05, 4.69) is 18.7 Å². The Bertz CT molecular complexity index is 200. The van der Waals surface area contributed by atoms with Crippen LogP contribution in [0.2, 0.25) is 0 Å². The van der Waals surface area contributed by atoms with Crippen LogP contribution in [0.4, 0.5) is 0 Å². The predicted octanol–water partition coefficient (Wildman–Crippen LogP) is 6.17. The zero-order chi connectivity index (χ0) is 14.5. The fourth-order valence-corrected chi connectivity index (χ4v) is 3.64. The molecule has 1 saturated heterocycles. The van der Waals surface area contributed by atoms with Gasteiger partial charge in [-0.05, 0) is 38.8 Å². The average molecular weight is 282 g/mol. The summed E-state index contributed by atoms with van der Waals surface area (Å²) in [7, 11) is 0. The van der Waals surface area contributed by atoms with Crippen molar-refractivity contribution in [2.24, 2.45) is 0 Å². The molecule has 1 unspecified atom stereocenters. The van der Waals surface area contributed by atoms with Crippen molar-refractivity contribution < 1.29 is 0 Å². The van der Waals surface area contributed by atoms with Crippen molar-refractivity contribution in [3.05, 3.63) is 0 Å². The minimum atomic E-state index is 0.919. The fraction of sp³-hybridized carbons (Fsp3) is 1.00. The number of unbranched alkanes of at least 4 members (excludes halogenated alkanes) is 8. The van der Waals surface area contributed by atoms with Crippen LogP contribution in [0.1, 0.15) is 104 Å². The van der Waals surface area contributed by atoms with Gasteiger partial charge in [0.15, 0.2) is 0 Å². The molecule has 0 aliphatic carbocycles. The maximum absolute atomic E-state index is 2.80. The first-order chi connectivity index (χ1) is 9.88. The van der Waals surface area contributed by atoms with Crippen LogP contribution in [0.3, 0.4) is 0 Å². The van der Waals surface area contributed by atoms with Gasteiger partial charge in [0.1, 0.15) is 0 Å². The van der Waals surface area contributed by atoms with Crippen LogP contribution < -0.4 is 0 Å². The topological polar surface area (TPSA) is 3.24 Å². The minimum absolute atomic E-state index is 0.919. The lowest BCUT2D eigenvalue weighted by Gasteiger charge is -2.35. The van der Waals surface area contributed by atoms with E-state index >= 15 is 0 Å². The lowest BCUT2D eigenvalue weighted by atomic mass is 9.97. The van der Waals surface area contributed by atoms with Crippen LogP contribution in [0.15, 0.2) is 0 Å². The van der Waals surface area contributed by atoms with Gasteiger partial charge in [0.2, 0.25) is 0 Å². The molecule has 0 amide bonds. The molecule has 1 aliphatic heterocycles. The highest BCUT2D eigenvalue weighted by atomic mass is 15.2. The molecule has 1 rings (SSSR count). The summed E-state index contributed by atoms with van der Waals surface area (Å²) < 4.78 is 0. The molecule has 1 heteroatoms. The van der Waals surface area contributed by atoms with Gasteiger partial charge in [-0.25, -0.2) is 0 Å². The van der Waals surface area contributed by atoms with Crippen molar-refractivity contribution in [2.75, 3.05) is 13.1 Å². The molecule has 0 bridgehead atoms. The summed E-state index contributed by atoms with van der Waals surface area (Å²) in [5, 5.41) is 0. The largest absolute Gasteiger partial charge is 0.300 e. The Hall–Kier alpha value is -0.0400. The van der Waals surface area contributed by atoms with E-state index in [1.165, 1.54) is 103 Å². The zero-order valence-corrected chi connectivity index (χ0v) is 14.3. The van der Waals surface area contributed by atoms with Gasteiger partial charge in [-0.15, -0.1) is 0 Å². The third-order valence-electron chi connectivity index (χ3n) is 4.92. The summed E-state index contributed by atoms with van der Waals surface area (Å²) in [4.78, 5) is 2.80. The Morgan fingerprint density at radius 2 is 1.40 bits per heavy atom. The van der Waals surface area contributed by atoms with E-state index in [-0.39, 0.29) is 0 Å². The summed E-state index contributed by atoms with van der Waals surface area (Å²) in [6, 6.07) is 0.919. The van der Waals surface area contributed by atoms with Crippen LogP contribution in [-0.4, -0.2) is 24.0 Å². The van der Waals surface area contributed by atoms with Crippen molar-refractivity contribution in [3.8, 4) is 0 Å². The first-order valence-electron chi connectivity index (χ1n) is 9.62. The van der Waals surface area contributed by atoms with Crippen molar-refractivity contribution in [2.45, 2.75) is 110 Å². The lowest BCUT2D eigenvalue weighted by molar-refractivity contribution is 0.136. The standard InChI is InChI=1S/C19H39N/c1-3-5-6-7-8-9-10-11-13-17-20-18-14-12-16-19(20)15-4-2/h19H,3-18H2,1-2H3. The molecule has 0 aromatic rings. The first-order valence-corrected chi connectivity index (χ1v) is 9.62. The first kappa shape index (κ1) is 18.0. The number of hydrogen-bond donors (Lipinski definition) is 0. The van der Waals surface area contributed by atoms with Crippen LogP contribution >= 0.6 is 0 Å². The lowest BCUT2D eigenvalue weighted by Crippen LogP contribution is -2.39.